The average molecular weight is 274 g/mol. The molecule has 0 aliphatic rings. The Morgan fingerprint density at radius 1 is 1.44 bits per heavy atom. The Bertz CT molecular complexity index is 502. The predicted molar refractivity (Wildman–Crippen MR) is 70.5 cm³/mol. The highest BCUT2D eigenvalue weighted by Gasteiger charge is 2.13. The van der Waals surface area contributed by atoms with Crippen molar-refractivity contribution >= 4 is 21.8 Å². The Balaban J connectivity index is 2.64. The van der Waals surface area contributed by atoms with Crippen molar-refractivity contribution in [3.63, 3.8) is 0 Å². The standard InChI is InChI=1S/C9H18N6O2S/c1-7-6-12-9(14-10)13-8(7)11-4-5-18(16,17)15(2)3/h6H,4-5,10H2,1-3H3,(H2,11,12,13,14). The molecular weight excluding hydrogens is 256 g/mol. The normalized spacial score (nSPS) is 11.6. The van der Waals surface area contributed by atoms with Crippen molar-refractivity contribution < 1.29 is 8.42 Å². The highest BCUT2D eigenvalue weighted by Crippen LogP contribution is 2.11. The molecule has 0 aliphatic heterocycles. The number of nitrogens with one attached hydrogen (secondary N) is 2. The third-order valence-corrected chi connectivity index (χ3v) is 4.14. The van der Waals surface area contributed by atoms with Crippen LogP contribution in [0.4, 0.5) is 11.8 Å². The predicted octanol–water partition coefficient (Wildman–Crippen LogP) is -0.626. The molecule has 0 radical (unpaired) electrons. The van der Waals surface area contributed by atoms with Crippen molar-refractivity contribution in [3.05, 3.63) is 11.8 Å². The van der Waals surface area contributed by atoms with Gasteiger partial charge in [0.25, 0.3) is 0 Å². The third-order valence-electron chi connectivity index (χ3n) is 2.31. The highest BCUT2D eigenvalue weighted by atomic mass is 32.2. The fraction of sp³-hybridized carbons (Fsp3) is 0.556. The zero-order valence-electron chi connectivity index (χ0n) is 10.6. The molecule has 0 amide bonds. The Morgan fingerprint density at radius 3 is 2.67 bits per heavy atom. The lowest BCUT2D eigenvalue weighted by molar-refractivity contribution is 0.521. The van der Waals surface area contributed by atoms with Crippen molar-refractivity contribution in [1.82, 2.24) is 14.3 Å². The molecule has 0 unspecified atom stereocenters. The van der Waals surface area contributed by atoms with E-state index in [1.807, 2.05) is 6.92 Å². The first-order valence-corrected chi connectivity index (χ1v) is 6.92. The fourth-order valence-electron chi connectivity index (χ4n) is 1.17. The summed E-state index contributed by atoms with van der Waals surface area (Å²) in [6.07, 6.45) is 1.60. The molecule has 1 aromatic rings. The summed E-state index contributed by atoms with van der Waals surface area (Å²) >= 11 is 0. The molecule has 18 heavy (non-hydrogen) atoms. The fourth-order valence-corrected chi connectivity index (χ4v) is 1.90. The van der Waals surface area contributed by atoms with Gasteiger partial charge in [-0.1, -0.05) is 0 Å². The molecule has 0 aromatic carbocycles. The van der Waals surface area contributed by atoms with Crippen LogP contribution in [0.25, 0.3) is 0 Å². The van der Waals surface area contributed by atoms with E-state index >= 15 is 0 Å². The van der Waals surface area contributed by atoms with Gasteiger partial charge in [-0.25, -0.2) is 23.5 Å². The monoisotopic (exact) mass is 274 g/mol. The van der Waals surface area contributed by atoms with Crippen molar-refractivity contribution in [1.29, 1.82) is 0 Å². The number of hydrogen-bond donors (Lipinski definition) is 3. The first-order chi connectivity index (χ1) is 8.36. The quantitative estimate of drug-likeness (QED) is 0.467. The number of anilines is 2. The Morgan fingerprint density at radius 2 is 2.11 bits per heavy atom. The van der Waals surface area contributed by atoms with Crippen molar-refractivity contribution in [2.45, 2.75) is 6.92 Å². The van der Waals surface area contributed by atoms with Crippen LogP contribution in [0.15, 0.2) is 6.20 Å². The van der Waals surface area contributed by atoms with E-state index in [1.54, 1.807) is 6.20 Å². The molecule has 1 rings (SSSR count). The maximum atomic E-state index is 11.5. The van der Waals surface area contributed by atoms with Gasteiger partial charge in [-0.3, -0.25) is 5.43 Å². The number of nitrogens with two attached hydrogens (primary N) is 1. The smallest absolute Gasteiger partial charge is 0.239 e. The van der Waals surface area contributed by atoms with Crippen LogP contribution >= 0.6 is 0 Å². The summed E-state index contributed by atoms with van der Waals surface area (Å²) in [4.78, 5) is 8.02. The van der Waals surface area contributed by atoms with Gasteiger partial charge >= 0.3 is 0 Å². The number of rotatable bonds is 6. The van der Waals surface area contributed by atoms with E-state index in [0.717, 1.165) is 5.56 Å². The second-order valence-corrected chi connectivity index (χ2v) is 6.20. The number of nitrogen functional groups attached to an aromatic ring is 1. The summed E-state index contributed by atoms with van der Waals surface area (Å²) in [5.41, 5.74) is 3.15. The summed E-state index contributed by atoms with van der Waals surface area (Å²) in [5.74, 6) is 6.03. The molecule has 8 nitrogen and oxygen atoms in total. The number of nitrogens with zero attached hydrogens (tertiary/aromatic N) is 3. The molecule has 0 spiro atoms. The van der Waals surface area contributed by atoms with E-state index < -0.39 is 10.0 Å². The first-order valence-electron chi connectivity index (χ1n) is 5.31. The van der Waals surface area contributed by atoms with Crippen LogP contribution in [-0.2, 0) is 10.0 Å². The van der Waals surface area contributed by atoms with E-state index in [1.165, 1.54) is 18.4 Å². The lowest BCUT2D eigenvalue weighted by Gasteiger charge is -2.13. The van der Waals surface area contributed by atoms with Gasteiger partial charge in [0, 0.05) is 32.4 Å². The van der Waals surface area contributed by atoms with E-state index in [-0.39, 0.29) is 18.2 Å². The minimum Gasteiger partial charge on any atom is -0.369 e. The summed E-state index contributed by atoms with van der Waals surface area (Å²) in [6, 6.07) is 0. The van der Waals surface area contributed by atoms with Gasteiger partial charge in [0.1, 0.15) is 5.82 Å². The third kappa shape index (κ3) is 3.79. The molecule has 0 saturated heterocycles. The summed E-state index contributed by atoms with van der Waals surface area (Å²) in [5, 5.41) is 2.95. The lowest BCUT2D eigenvalue weighted by atomic mass is 10.3. The van der Waals surface area contributed by atoms with Gasteiger partial charge in [-0.2, -0.15) is 4.98 Å². The van der Waals surface area contributed by atoms with Crippen molar-refractivity contribution in [2.75, 3.05) is 37.1 Å². The Hall–Kier alpha value is -1.45. The second kappa shape index (κ2) is 5.94. The molecule has 0 aliphatic carbocycles. The SMILES string of the molecule is Cc1cnc(NN)nc1NCCS(=O)(=O)N(C)C. The van der Waals surface area contributed by atoms with E-state index in [0.29, 0.717) is 5.82 Å². The van der Waals surface area contributed by atoms with Gasteiger partial charge in [0.15, 0.2) is 0 Å². The highest BCUT2D eigenvalue weighted by molar-refractivity contribution is 7.89. The first kappa shape index (κ1) is 14.6. The number of aryl methyl sites for hydroxylation is 1. The summed E-state index contributed by atoms with van der Waals surface area (Å²) < 4.78 is 24.3. The van der Waals surface area contributed by atoms with Crippen molar-refractivity contribution in [2.24, 2.45) is 5.84 Å². The minimum absolute atomic E-state index is 0.00513. The Labute approximate surface area is 107 Å². The largest absolute Gasteiger partial charge is 0.369 e. The van der Waals surface area contributed by atoms with Gasteiger partial charge < -0.3 is 5.32 Å². The van der Waals surface area contributed by atoms with Crippen LogP contribution in [0.1, 0.15) is 5.56 Å². The van der Waals surface area contributed by atoms with Gasteiger partial charge in [0.05, 0.1) is 5.75 Å². The van der Waals surface area contributed by atoms with Crippen LogP contribution in [0.3, 0.4) is 0 Å². The molecule has 9 heteroatoms. The van der Waals surface area contributed by atoms with E-state index in [4.69, 9.17) is 5.84 Å². The van der Waals surface area contributed by atoms with E-state index in [9.17, 15) is 8.42 Å². The molecule has 1 heterocycles. The number of sulfonamides is 1. The van der Waals surface area contributed by atoms with Crippen LogP contribution < -0.4 is 16.6 Å². The van der Waals surface area contributed by atoms with Gasteiger partial charge in [0.2, 0.25) is 16.0 Å². The van der Waals surface area contributed by atoms with Gasteiger partial charge in [-0.15, -0.1) is 0 Å². The zero-order chi connectivity index (χ0) is 13.8. The maximum absolute atomic E-state index is 11.5. The molecule has 0 saturated carbocycles. The molecule has 0 bridgehead atoms. The topological polar surface area (TPSA) is 113 Å². The minimum atomic E-state index is -3.21. The van der Waals surface area contributed by atoms with E-state index in [2.05, 4.69) is 20.7 Å². The molecule has 0 atom stereocenters. The van der Waals surface area contributed by atoms with Crippen LogP contribution in [-0.4, -0.2) is 49.1 Å². The maximum Gasteiger partial charge on any atom is 0.239 e. The van der Waals surface area contributed by atoms with Crippen LogP contribution in [0, 0.1) is 6.92 Å². The lowest BCUT2D eigenvalue weighted by Crippen LogP contribution is -2.28. The number of hydrazine groups is 1. The molecule has 102 valence electrons. The van der Waals surface area contributed by atoms with Crippen LogP contribution in [0.5, 0.6) is 0 Å². The number of hydrogen-bond acceptors (Lipinski definition) is 7. The molecule has 4 N–H and O–H groups in total. The van der Waals surface area contributed by atoms with Crippen molar-refractivity contribution in [3.8, 4) is 0 Å². The average Bonchev–Trinajstić information content (AvgIpc) is 2.31. The molecule has 0 fully saturated rings. The zero-order valence-corrected chi connectivity index (χ0v) is 11.5. The van der Waals surface area contributed by atoms with Crippen LogP contribution in [0.2, 0.25) is 0 Å². The molecule has 1 aromatic heterocycles. The number of aromatic nitrogens is 2. The van der Waals surface area contributed by atoms with Gasteiger partial charge in [-0.05, 0) is 6.92 Å². The Kier molecular flexibility index (Phi) is 4.82. The second-order valence-electron chi connectivity index (χ2n) is 3.89. The summed E-state index contributed by atoms with van der Waals surface area (Å²) in [7, 11) is -0.206. The summed E-state index contributed by atoms with van der Waals surface area (Å²) in [6.45, 7) is 2.09. The molecular formula is C9H18N6O2S.